The van der Waals surface area contributed by atoms with E-state index in [0.29, 0.717) is 0 Å². The summed E-state index contributed by atoms with van der Waals surface area (Å²) in [5.74, 6) is -0.962. The van der Waals surface area contributed by atoms with Crippen molar-refractivity contribution in [1.82, 2.24) is 9.55 Å². The second kappa shape index (κ2) is 5.77. The number of aromatic amines is 1. The van der Waals surface area contributed by atoms with E-state index in [4.69, 9.17) is 0 Å². The summed E-state index contributed by atoms with van der Waals surface area (Å²) in [6.07, 6.45) is 0.911. The molecule has 0 aliphatic rings. The third kappa shape index (κ3) is 3.26. The van der Waals surface area contributed by atoms with Gasteiger partial charge in [-0.3, -0.25) is 14.3 Å². The van der Waals surface area contributed by atoms with Crippen LogP contribution in [0.25, 0.3) is 0 Å². The molecule has 1 N–H and O–H groups in total. The number of rotatable bonds is 2. The molecule has 1 radical (unpaired) electrons. The van der Waals surface area contributed by atoms with Gasteiger partial charge in [0.05, 0.1) is 12.7 Å². The third-order valence-corrected chi connectivity index (χ3v) is 2.16. The molecule has 0 atom stereocenters. The first-order valence-electron chi connectivity index (χ1n) is 4.70. The molecule has 1 heterocycles. The second-order valence-corrected chi connectivity index (χ2v) is 3.35. The number of hydrogen-bond donors (Lipinski definition) is 1. The Morgan fingerprint density at radius 3 is 2.47 bits per heavy atom. The van der Waals surface area contributed by atoms with Gasteiger partial charge in [-0.05, 0) is 5.56 Å². The summed E-state index contributed by atoms with van der Waals surface area (Å²) >= 11 is 0. The molecule has 0 saturated carbocycles. The van der Waals surface area contributed by atoms with Crippen molar-refractivity contribution in [1.29, 1.82) is 0 Å². The van der Waals surface area contributed by atoms with Gasteiger partial charge in [-0.25, -0.2) is 4.79 Å². The summed E-state index contributed by atoms with van der Waals surface area (Å²) in [6, 6.07) is 9.12. The van der Waals surface area contributed by atoms with Crippen molar-refractivity contribution >= 4 is 0 Å². The van der Waals surface area contributed by atoms with Gasteiger partial charge >= 0.3 is 5.69 Å². The predicted octanol–water partition coefficient (Wildman–Crippen LogP) is 0.721. The van der Waals surface area contributed by atoms with Gasteiger partial charge in [-0.1, -0.05) is 30.3 Å². The van der Waals surface area contributed by atoms with E-state index in [0.717, 1.165) is 16.3 Å². The molecule has 0 amide bonds. The van der Waals surface area contributed by atoms with Crippen LogP contribution in [0.3, 0.4) is 0 Å². The van der Waals surface area contributed by atoms with E-state index < -0.39 is 17.1 Å². The Labute approximate surface area is 112 Å². The van der Waals surface area contributed by atoms with Crippen LogP contribution >= 0.6 is 0 Å². The van der Waals surface area contributed by atoms with Crippen molar-refractivity contribution in [2.75, 3.05) is 0 Å². The summed E-state index contributed by atoms with van der Waals surface area (Å²) in [6.45, 7) is 0.230. The summed E-state index contributed by atoms with van der Waals surface area (Å²) in [5, 5.41) is 0. The smallest absolute Gasteiger partial charge is 0.293 e. The molecular weight excluding hydrogens is 319 g/mol. The Bertz CT molecular complexity index is 607. The third-order valence-electron chi connectivity index (χ3n) is 2.16. The number of nitrogens with zero attached hydrogens (tertiary/aromatic N) is 1. The molecular formula is C11H9AgFN2O2. The van der Waals surface area contributed by atoms with Gasteiger partial charge in [0, 0.05) is 22.4 Å². The topological polar surface area (TPSA) is 54.9 Å². The molecule has 0 aliphatic carbocycles. The maximum Gasteiger partial charge on any atom is 0.328 e. The predicted molar refractivity (Wildman–Crippen MR) is 56.8 cm³/mol. The minimum atomic E-state index is -0.991. The SMILES string of the molecule is O=c1[nH]c(=O)n(Cc2ccccc2)cc1F.[Ag]. The Balaban J connectivity index is 0.00000144. The minimum absolute atomic E-state index is 0. The average Bonchev–Trinajstić information content (AvgIpc) is 2.27. The van der Waals surface area contributed by atoms with Crippen LogP contribution in [-0.4, -0.2) is 9.55 Å². The van der Waals surface area contributed by atoms with Crippen molar-refractivity contribution in [2.45, 2.75) is 6.54 Å². The standard InChI is InChI=1S/C11H9FN2O2.Ag/c12-9-7-14(11(16)13-10(9)15)6-8-4-2-1-3-5-8;/h1-5,7H,6H2,(H,13,15,16);. The van der Waals surface area contributed by atoms with Crippen LogP contribution in [0.1, 0.15) is 5.56 Å². The first-order chi connectivity index (χ1) is 7.66. The molecule has 2 rings (SSSR count). The van der Waals surface area contributed by atoms with E-state index in [-0.39, 0.29) is 28.9 Å². The van der Waals surface area contributed by atoms with Gasteiger partial charge < -0.3 is 0 Å². The van der Waals surface area contributed by atoms with Crippen LogP contribution in [0.4, 0.5) is 4.39 Å². The van der Waals surface area contributed by atoms with Gasteiger partial charge in [0.2, 0.25) is 5.82 Å². The summed E-state index contributed by atoms with van der Waals surface area (Å²) in [4.78, 5) is 24.0. The maximum absolute atomic E-state index is 13.0. The Morgan fingerprint density at radius 1 is 1.18 bits per heavy atom. The van der Waals surface area contributed by atoms with Gasteiger partial charge in [-0.15, -0.1) is 0 Å². The fourth-order valence-electron chi connectivity index (χ4n) is 1.38. The molecule has 1 aromatic heterocycles. The van der Waals surface area contributed by atoms with Crippen LogP contribution in [0.5, 0.6) is 0 Å². The van der Waals surface area contributed by atoms with E-state index in [1.807, 2.05) is 35.3 Å². The summed E-state index contributed by atoms with van der Waals surface area (Å²) < 4.78 is 14.1. The van der Waals surface area contributed by atoms with Gasteiger partial charge in [0.1, 0.15) is 0 Å². The molecule has 0 spiro atoms. The summed E-state index contributed by atoms with van der Waals surface area (Å²) in [5.41, 5.74) is -0.749. The molecule has 17 heavy (non-hydrogen) atoms. The first kappa shape index (κ1) is 13.6. The summed E-state index contributed by atoms with van der Waals surface area (Å²) in [7, 11) is 0. The molecule has 1 aromatic carbocycles. The van der Waals surface area contributed by atoms with Crippen LogP contribution in [0.2, 0.25) is 0 Å². The average molecular weight is 328 g/mol. The largest absolute Gasteiger partial charge is 0.328 e. The molecule has 93 valence electrons. The van der Waals surface area contributed by atoms with Crippen molar-refractivity contribution in [3.8, 4) is 0 Å². The second-order valence-electron chi connectivity index (χ2n) is 3.35. The molecule has 6 heteroatoms. The molecule has 2 aromatic rings. The molecule has 4 nitrogen and oxygen atoms in total. The van der Waals surface area contributed by atoms with Gasteiger partial charge in [0.15, 0.2) is 0 Å². The number of aromatic nitrogens is 2. The maximum atomic E-state index is 13.0. The van der Waals surface area contributed by atoms with Crippen LogP contribution in [-0.2, 0) is 28.9 Å². The van der Waals surface area contributed by atoms with Crippen molar-refractivity contribution in [2.24, 2.45) is 0 Å². The van der Waals surface area contributed by atoms with Gasteiger partial charge in [-0.2, -0.15) is 4.39 Å². The van der Waals surface area contributed by atoms with Crippen LogP contribution in [0, 0.1) is 5.82 Å². The first-order valence-corrected chi connectivity index (χ1v) is 4.70. The normalized spacial score (nSPS) is 9.71. The monoisotopic (exact) mass is 327 g/mol. The van der Waals surface area contributed by atoms with Crippen molar-refractivity contribution in [3.05, 3.63) is 68.7 Å². The Hall–Kier alpha value is -1.43. The zero-order chi connectivity index (χ0) is 11.5. The quantitative estimate of drug-likeness (QED) is 0.826. The number of hydrogen-bond acceptors (Lipinski definition) is 2. The van der Waals surface area contributed by atoms with E-state index >= 15 is 0 Å². The number of benzene rings is 1. The number of H-pyrrole nitrogens is 1. The fourth-order valence-corrected chi connectivity index (χ4v) is 1.38. The van der Waals surface area contributed by atoms with E-state index in [1.165, 1.54) is 0 Å². The molecule has 0 fully saturated rings. The number of halogens is 1. The molecule has 0 aliphatic heterocycles. The molecule has 0 unspecified atom stereocenters. The fraction of sp³-hybridized carbons (Fsp3) is 0.0909. The van der Waals surface area contributed by atoms with E-state index in [2.05, 4.69) is 0 Å². The Kier molecular flexibility index (Phi) is 4.63. The molecule has 0 bridgehead atoms. The van der Waals surface area contributed by atoms with Crippen LogP contribution < -0.4 is 11.2 Å². The number of nitrogens with one attached hydrogen (secondary N) is 1. The minimum Gasteiger partial charge on any atom is -0.293 e. The molecule has 0 saturated heterocycles. The van der Waals surface area contributed by atoms with Gasteiger partial charge in [0.25, 0.3) is 5.56 Å². The zero-order valence-corrected chi connectivity index (χ0v) is 10.1. The Morgan fingerprint density at radius 2 is 1.82 bits per heavy atom. The van der Waals surface area contributed by atoms with Crippen LogP contribution in [0.15, 0.2) is 46.1 Å². The van der Waals surface area contributed by atoms with E-state index in [1.54, 1.807) is 0 Å². The van der Waals surface area contributed by atoms with E-state index in [9.17, 15) is 14.0 Å². The van der Waals surface area contributed by atoms with Crippen molar-refractivity contribution in [3.63, 3.8) is 0 Å². The van der Waals surface area contributed by atoms with Crippen molar-refractivity contribution < 1.29 is 26.8 Å². The zero-order valence-electron chi connectivity index (χ0n) is 8.61.